The first-order chi connectivity index (χ1) is 16.5. The Bertz CT molecular complexity index is 1220. The van der Waals surface area contributed by atoms with Gasteiger partial charge in [0.1, 0.15) is 5.75 Å². The molecule has 34 heavy (non-hydrogen) atoms. The summed E-state index contributed by atoms with van der Waals surface area (Å²) < 4.78 is 5.56. The molecule has 174 valence electrons. The van der Waals surface area contributed by atoms with Crippen LogP contribution in [0.2, 0.25) is 0 Å². The second-order valence-corrected chi connectivity index (χ2v) is 8.76. The highest BCUT2D eigenvalue weighted by Crippen LogP contribution is 2.50. The van der Waals surface area contributed by atoms with E-state index in [0.29, 0.717) is 5.56 Å². The number of fused-ring (bicyclic) bond motifs is 1. The van der Waals surface area contributed by atoms with Gasteiger partial charge in [-0.15, -0.1) is 0 Å². The average Bonchev–Trinajstić information content (AvgIpc) is 3.10. The van der Waals surface area contributed by atoms with Gasteiger partial charge in [0.15, 0.2) is 0 Å². The fourth-order valence-electron chi connectivity index (χ4n) is 4.66. The lowest BCUT2D eigenvalue weighted by Gasteiger charge is -2.30. The van der Waals surface area contributed by atoms with E-state index >= 15 is 0 Å². The van der Waals surface area contributed by atoms with Crippen molar-refractivity contribution in [3.63, 3.8) is 0 Å². The number of likely N-dealkylation sites (N-methyl/N-ethyl adjacent to an activating group) is 1. The van der Waals surface area contributed by atoms with Crippen molar-refractivity contribution >= 4 is 17.8 Å². The SMILES string of the molecule is CCN1/C(=C\C=N\NC(=O)c2ccccc2)C(C)(Cc2ccc(C)cc2)c2cc(OC)ccc21. The first-order valence-corrected chi connectivity index (χ1v) is 11.6. The van der Waals surface area contributed by atoms with Crippen LogP contribution < -0.4 is 15.1 Å². The number of amides is 1. The second-order valence-electron chi connectivity index (χ2n) is 8.76. The normalized spacial score (nSPS) is 18.4. The molecule has 3 aromatic rings. The molecule has 0 aliphatic carbocycles. The van der Waals surface area contributed by atoms with Gasteiger partial charge in [-0.3, -0.25) is 4.79 Å². The summed E-state index contributed by atoms with van der Waals surface area (Å²) in [5, 5.41) is 4.21. The van der Waals surface area contributed by atoms with Crippen LogP contribution in [0.4, 0.5) is 5.69 Å². The van der Waals surface area contributed by atoms with Crippen molar-refractivity contribution in [1.82, 2.24) is 5.43 Å². The lowest BCUT2D eigenvalue weighted by atomic mass is 9.76. The van der Waals surface area contributed by atoms with Gasteiger partial charge in [-0.25, -0.2) is 5.43 Å². The lowest BCUT2D eigenvalue weighted by molar-refractivity contribution is 0.0955. The van der Waals surface area contributed by atoms with Crippen molar-refractivity contribution in [2.24, 2.45) is 5.10 Å². The van der Waals surface area contributed by atoms with Crippen LogP contribution in [0, 0.1) is 6.92 Å². The van der Waals surface area contributed by atoms with Gasteiger partial charge in [0.2, 0.25) is 0 Å². The molecule has 4 rings (SSSR count). The fourth-order valence-corrected chi connectivity index (χ4v) is 4.66. The topological polar surface area (TPSA) is 53.9 Å². The Balaban J connectivity index is 1.69. The number of ether oxygens (including phenoxy) is 1. The number of hydrogen-bond acceptors (Lipinski definition) is 4. The maximum atomic E-state index is 12.3. The van der Waals surface area contributed by atoms with E-state index in [1.165, 1.54) is 22.4 Å². The molecule has 0 saturated carbocycles. The van der Waals surface area contributed by atoms with Crippen molar-refractivity contribution in [3.8, 4) is 5.75 Å². The number of nitrogens with one attached hydrogen (secondary N) is 1. The number of aryl methyl sites for hydroxylation is 1. The lowest BCUT2D eigenvalue weighted by Crippen LogP contribution is -2.31. The monoisotopic (exact) mass is 453 g/mol. The fraction of sp³-hybridized carbons (Fsp3) is 0.241. The van der Waals surface area contributed by atoms with E-state index in [0.717, 1.165) is 24.4 Å². The Morgan fingerprint density at radius 2 is 1.82 bits per heavy atom. The molecule has 0 saturated heterocycles. The van der Waals surface area contributed by atoms with Gasteiger partial charge in [-0.1, -0.05) is 48.0 Å². The summed E-state index contributed by atoms with van der Waals surface area (Å²) in [7, 11) is 1.70. The molecule has 3 aromatic carbocycles. The van der Waals surface area contributed by atoms with Crippen LogP contribution >= 0.6 is 0 Å². The molecule has 1 aliphatic rings. The Labute approximate surface area is 201 Å². The van der Waals surface area contributed by atoms with Crippen LogP contribution in [0.15, 0.2) is 89.7 Å². The summed E-state index contributed by atoms with van der Waals surface area (Å²) in [5.41, 5.74) is 8.96. The van der Waals surface area contributed by atoms with Crippen LogP contribution in [0.25, 0.3) is 0 Å². The number of benzene rings is 3. The van der Waals surface area contributed by atoms with Crippen LogP contribution in [0.1, 0.15) is 40.9 Å². The van der Waals surface area contributed by atoms with Crippen molar-refractivity contribution < 1.29 is 9.53 Å². The average molecular weight is 454 g/mol. The van der Waals surface area contributed by atoms with Gasteiger partial charge in [0.25, 0.3) is 5.91 Å². The molecule has 0 bridgehead atoms. The molecular formula is C29H31N3O2. The molecule has 1 N–H and O–H groups in total. The number of allylic oxidation sites excluding steroid dienone is 2. The Hall–Kier alpha value is -3.86. The summed E-state index contributed by atoms with van der Waals surface area (Å²) in [6.07, 6.45) is 4.52. The standard InChI is InChI=1S/C29H31N3O2/c1-5-32-26-16-15-24(34-4)19-25(26)29(3,20-22-13-11-21(2)12-14-22)27(32)17-18-30-31-28(33)23-9-7-6-8-10-23/h6-19H,5,20H2,1-4H3,(H,31,33)/b27-17-,30-18+. The number of carbonyl (C=O) groups excluding carboxylic acids is 1. The van der Waals surface area contributed by atoms with E-state index in [4.69, 9.17) is 4.74 Å². The molecular weight excluding hydrogens is 422 g/mol. The van der Waals surface area contributed by atoms with Crippen molar-refractivity contribution in [1.29, 1.82) is 0 Å². The third-order valence-electron chi connectivity index (χ3n) is 6.45. The summed E-state index contributed by atoms with van der Waals surface area (Å²) in [6, 6.07) is 24.0. The predicted octanol–water partition coefficient (Wildman–Crippen LogP) is 5.64. The minimum Gasteiger partial charge on any atom is -0.497 e. The van der Waals surface area contributed by atoms with E-state index in [1.807, 2.05) is 30.3 Å². The van der Waals surface area contributed by atoms with Crippen LogP contribution in [0.5, 0.6) is 5.75 Å². The highest BCUT2D eigenvalue weighted by atomic mass is 16.5. The van der Waals surface area contributed by atoms with Gasteiger partial charge in [-0.05, 0) is 74.7 Å². The molecule has 1 heterocycles. The summed E-state index contributed by atoms with van der Waals surface area (Å²) >= 11 is 0. The molecule has 5 heteroatoms. The molecule has 0 spiro atoms. The molecule has 0 radical (unpaired) electrons. The highest BCUT2D eigenvalue weighted by Gasteiger charge is 2.43. The number of methoxy groups -OCH3 is 1. The van der Waals surface area contributed by atoms with E-state index < -0.39 is 0 Å². The van der Waals surface area contributed by atoms with Gasteiger partial charge in [0, 0.05) is 35.1 Å². The van der Waals surface area contributed by atoms with Crippen LogP contribution in [-0.4, -0.2) is 25.8 Å². The molecule has 1 atom stereocenters. The maximum absolute atomic E-state index is 12.3. The zero-order valence-corrected chi connectivity index (χ0v) is 20.2. The van der Waals surface area contributed by atoms with E-state index in [9.17, 15) is 4.79 Å². The van der Waals surface area contributed by atoms with Crippen molar-refractivity contribution in [2.45, 2.75) is 32.6 Å². The van der Waals surface area contributed by atoms with Crippen molar-refractivity contribution in [2.75, 3.05) is 18.6 Å². The summed E-state index contributed by atoms with van der Waals surface area (Å²) in [6.45, 7) is 7.33. The third-order valence-corrected chi connectivity index (χ3v) is 6.45. The molecule has 5 nitrogen and oxygen atoms in total. The summed E-state index contributed by atoms with van der Waals surface area (Å²) in [4.78, 5) is 14.7. The number of hydrogen-bond donors (Lipinski definition) is 1. The second kappa shape index (κ2) is 9.96. The van der Waals surface area contributed by atoms with Gasteiger partial charge in [-0.2, -0.15) is 5.10 Å². The van der Waals surface area contributed by atoms with Crippen molar-refractivity contribution in [3.05, 3.63) is 107 Å². The van der Waals surface area contributed by atoms with Gasteiger partial charge >= 0.3 is 0 Å². The quantitative estimate of drug-likeness (QED) is 0.372. The molecule has 0 fully saturated rings. The number of nitrogens with zero attached hydrogens (tertiary/aromatic N) is 2. The number of rotatable bonds is 7. The molecule has 1 amide bonds. The van der Waals surface area contributed by atoms with Crippen LogP contribution in [0.3, 0.4) is 0 Å². The van der Waals surface area contributed by atoms with Gasteiger partial charge < -0.3 is 9.64 Å². The minimum atomic E-state index is -0.287. The first-order valence-electron chi connectivity index (χ1n) is 11.6. The van der Waals surface area contributed by atoms with E-state index in [2.05, 4.69) is 72.6 Å². The first kappa shape index (κ1) is 23.3. The Morgan fingerprint density at radius 3 is 2.50 bits per heavy atom. The molecule has 0 aromatic heterocycles. The predicted molar refractivity (Wildman–Crippen MR) is 139 cm³/mol. The zero-order chi connectivity index (χ0) is 24.1. The Morgan fingerprint density at radius 1 is 1.09 bits per heavy atom. The number of carbonyl (C=O) groups is 1. The highest BCUT2D eigenvalue weighted by molar-refractivity contribution is 5.94. The van der Waals surface area contributed by atoms with Gasteiger partial charge in [0.05, 0.1) is 7.11 Å². The maximum Gasteiger partial charge on any atom is 0.271 e. The summed E-state index contributed by atoms with van der Waals surface area (Å²) in [5.74, 6) is 0.611. The third kappa shape index (κ3) is 4.60. The largest absolute Gasteiger partial charge is 0.497 e. The van der Waals surface area contributed by atoms with E-state index in [1.54, 1.807) is 25.5 Å². The van der Waals surface area contributed by atoms with Crippen LogP contribution in [-0.2, 0) is 11.8 Å². The smallest absolute Gasteiger partial charge is 0.271 e. The zero-order valence-electron chi connectivity index (χ0n) is 20.2. The minimum absolute atomic E-state index is 0.232. The Kier molecular flexibility index (Phi) is 6.82. The van der Waals surface area contributed by atoms with E-state index in [-0.39, 0.29) is 11.3 Å². The number of anilines is 1. The number of hydrazone groups is 1. The molecule has 1 unspecified atom stereocenters. The molecule has 1 aliphatic heterocycles.